The number of benzene rings is 2. The molecule has 0 aliphatic heterocycles. The Balaban J connectivity index is 1.97. The molecule has 2 aromatic carbocycles. The van der Waals surface area contributed by atoms with Crippen LogP contribution in [0.5, 0.6) is 5.75 Å². The highest BCUT2D eigenvalue weighted by atomic mass is 16.5. The monoisotopic (exact) mass is 326 g/mol. The molecule has 0 fully saturated rings. The van der Waals surface area contributed by atoms with Gasteiger partial charge in [0.2, 0.25) is 11.8 Å². The number of nitrogens with one attached hydrogen (secondary N) is 2. The fraction of sp³-hybridized carbons (Fsp3) is 0.263. The summed E-state index contributed by atoms with van der Waals surface area (Å²) in [6.07, 6.45) is 3.15. The van der Waals surface area contributed by atoms with E-state index in [-0.39, 0.29) is 24.4 Å². The number of carbonyl (C=O) groups is 2. The van der Waals surface area contributed by atoms with E-state index in [4.69, 9.17) is 4.74 Å². The topological polar surface area (TPSA) is 67.4 Å². The minimum Gasteiger partial charge on any atom is -0.497 e. The standard InChI is InChI=1S/C19H22N2O3/c1-13(2)21-19(23)12-20-18(22)9-5-14-4-6-16-11-17(24-3)8-7-15(16)10-14/h4-11,13H,12H2,1-3H3,(H,20,22)(H,21,23)/b9-5+. The van der Waals surface area contributed by atoms with E-state index in [1.807, 2.05) is 50.2 Å². The molecule has 24 heavy (non-hydrogen) atoms. The van der Waals surface area contributed by atoms with Crippen LogP contribution in [0.25, 0.3) is 16.8 Å². The largest absolute Gasteiger partial charge is 0.497 e. The molecular weight excluding hydrogens is 304 g/mol. The highest BCUT2D eigenvalue weighted by Gasteiger charge is 2.04. The lowest BCUT2D eigenvalue weighted by atomic mass is 10.1. The van der Waals surface area contributed by atoms with E-state index < -0.39 is 0 Å². The lowest BCUT2D eigenvalue weighted by molar-refractivity contribution is -0.124. The molecule has 0 saturated heterocycles. The third-order valence-corrected chi connectivity index (χ3v) is 3.37. The summed E-state index contributed by atoms with van der Waals surface area (Å²) < 4.78 is 5.20. The van der Waals surface area contributed by atoms with Crippen LogP contribution in [-0.2, 0) is 9.59 Å². The van der Waals surface area contributed by atoms with Gasteiger partial charge in [0.15, 0.2) is 0 Å². The Kier molecular flexibility index (Phi) is 5.95. The van der Waals surface area contributed by atoms with Gasteiger partial charge in [-0.2, -0.15) is 0 Å². The Hall–Kier alpha value is -2.82. The lowest BCUT2D eigenvalue weighted by Crippen LogP contribution is -2.39. The molecule has 5 nitrogen and oxygen atoms in total. The number of amides is 2. The molecule has 2 aromatic rings. The summed E-state index contributed by atoms with van der Waals surface area (Å²) >= 11 is 0. The minimum atomic E-state index is -0.302. The Bertz CT molecular complexity index is 766. The Morgan fingerprint density at radius 2 is 1.83 bits per heavy atom. The molecule has 0 aromatic heterocycles. The molecule has 2 N–H and O–H groups in total. The third kappa shape index (κ3) is 5.12. The maximum absolute atomic E-state index is 11.8. The summed E-state index contributed by atoms with van der Waals surface area (Å²) in [6.45, 7) is 3.71. The van der Waals surface area contributed by atoms with Gasteiger partial charge in [0.25, 0.3) is 0 Å². The van der Waals surface area contributed by atoms with Crippen LogP contribution >= 0.6 is 0 Å². The van der Waals surface area contributed by atoms with Crippen molar-refractivity contribution in [1.82, 2.24) is 10.6 Å². The molecule has 0 aliphatic carbocycles. The summed E-state index contributed by atoms with van der Waals surface area (Å²) in [6, 6.07) is 11.8. The summed E-state index contributed by atoms with van der Waals surface area (Å²) in [5.74, 6) is 0.306. The Labute approximate surface area is 141 Å². The van der Waals surface area contributed by atoms with E-state index in [2.05, 4.69) is 10.6 Å². The predicted molar refractivity (Wildman–Crippen MR) is 95.8 cm³/mol. The average Bonchev–Trinajstić information content (AvgIpc) is 2.56. The van der Waals surface area contributed by atoms with Gasteiger partial charge in [-0.3, -0.25) is 9.59 Å². The third-order valence-electron chi connectivity index (χ3n) is 3.37. The SMILES string of the molecule is COc1ccc2cc(/C=C/C(=O)NCC(=O)NC(C)C)ccc2c1. The molecule has 5 heteroatoms. The van der Waals surface area contributed by atoms with E-state index in [0.717, 1.165) is 22.1 Å². The van der Waals surface area contributed by atoms with E-state index in [9.17, 15) is 9.59 Å². The molecule has 0 spiro atoms. The van der Waals surface area contributed by atoms with Crippen LogP contribution in [-0.4, -0.2) is 31.5 Å². The minimum absolute atomic E-state index is 0.0289. The van der Waals surface area contributed by atoms with Crippen LogP contribution in [0, 0.1) is 0 Å². The first-order chi connectivity index (χ1) is 11.5. The second kappa shape index (κ2) is 8.15. The Morgan fingerprint density at radius 3 is 2.54 bits per heavy atom. The van der Waals surface area contributed by atoms with Crippen molar-refractivity contribution < 1.29 is 14.3 Å². The number of carbonyl (C=O) groups excluding carboxylic acids is 2. The average molecular weight is 326 g/mol. The second-order valence-electron chi connectivity index (χ2n) is 5.75. The van der Waals surface area contributed by atoms with Gasteiger partial charge in [0, 0.05) is 12.1 Å². The molecular formula is C19H22N2O3. The van der Waals surface area contributed by atoms with Gasteiger partial charge in [-0.15, -0.1) is 0 Å². The smallest absolute Gasteiger partial charge is 0.244 e. The zero-order valence-electron chi connectivity index (χ0n) is 14.1. The van der Waals surface area contributed by atoms with Gasteiger partial charge in [-0.1, -0.05) is 18.2 Å². The van der Waals surface area contributed by atoms with Crippen molar-refractivity contribution in [2.45, 2.75) is 19.9 Å². The van der Waals surface area contributed by atoms with E-state index >= 15 is 0 Å². The van der Waals surface area contributed by atoms with Crippen LogP contribution in [0.4, 0.5) is 0 Å². The fourth-order valence-electron chi connectivity index (χ4n) is 2.24. The predicted octanol–water partition coefficient (Wildman–Crippen LogP) is 2.50. The van der Waals surface area contributed by atoms with Crippen molar-refractivity contribution >= 4 is 28.7 Å². The van der Waals surface area contributed by atoms with Crippen molar-refractivity contribution in [2.75, 3.05) is 13.7 Å². The summed E-state index contributed by atoms with van der Waals surface area (Å²) in [4.78, 5) is 23.2. The number of methoxy groups -OCH3 is 1. The van der Waals surface area contributed by atoms with Crippen LogP contribution in [0.15, 0.2) is 42.5 Å². The maximum Gasteiger partial charge on any atom is 0.244 e. The van der Waals surface area contributed by atoms with Crippen LogP contribution < -0.4 is 15.4 Å². The van der Waals surface area contributed by atoms with Crippen LogP contribution in [0.3, 0.4) is 0 Å². The van der Waals surface area contributed by atoms with Crippen molar-refractivity contribution in [3.63, 3.8) is 0 Å². The zero-order chi connectivity index (χ0) is 17.5. The molecule has 0 unspecified atom stereocenters. The van der Waals surface area contributed by atoms with E-state index in [0.29, 0.717) is 0 Å². The maximum atomic E-state index is 11.8. The first-order valence-electron chi connectivity index (χ1n) is 7.81. The summed E-state index contributed by atoms with van der Waals surface area (Å²) in [5.41, 5.74) is 0.912. The first kappa shape index (κ1) is 17.5. The lowest BCUT2D eigenvalue weighted by Gasteiger charge is -2.08. The van der Waals surface area contributed by atoms with Crippen molar-refractivity contribution in [3.05, 3.63) is 48.0 Å². The summed E-state index contributed by atoms with van der Waals surface area (Å²) in [7, 11) is 1.64. The van der Waals surface area contributed by atoms with Crippen molar-refractivity contribution in [3.8, 4) is 5.75 Å². The van der Waals surface area contributed by atoms with Crippen molar-refractivity contribution in [1.29, 1.82) is 0 Å². The quantitative estimate of drug-likeness (QED) is 0.802. The molecule has 0 saturated carbocycles. The van der Waals surface area contributed by atoms with Crippen LogP contribution in [0.2, 0.25) is 0 Å². The Morgan fingerprint density at radius 1 is 1.12 bits per heavy atom. The molecule has 0 bridgehead atoms. The molecule has 0 heterocycles. The van der Waals surface area contributed by atoms with Gasteiger partial charge in [-0.05, 0) is 54.5 Å². The van der Waals surface area contributed by atoms with Gasteiger partial charge in [0.1, 0.15) is 5.75 Å². The van der Waals surface area contributed by atoms with Gasteiger partial charge < -0.3 is 15.4 Å². The van der Waals surface area contributed by atoms with E-state index in [1.165, 1.54) is 6.08 Å². The van der Waals surface area contributed by atoms with Gasteiger partial charge in [0.05, 0.1) is 13.7 Å². The highest BCUT2D eigenvalue weighted by molar-refractivity contribution is 5.95. The number of hydrogen-bond donors (Lipinski definition) is 2. The first-order valence-corrected chi connectivity index (χ1v) is 7.81. The number of fused-ring (bicyclic) bond motifs is 1. The number of hydrogen-bond acceptors (Lipinski definition) is 3. The zero-order valence-corrected chi connectivity index (χ0v) is 14.1. The van der Waals surface area contributed by atoms with Gasteiger partial charge in [-0.25, -0.2) is 0 Å². The fourth-order valence-corrected chi connectivity index (χ4v) is 2.24. The number of rotatable bonds is 6. The van der Waals surface area contributed by atoms with Gasteiger partial charge >= 0.3 is 0 Å². The normalized spacial score (nSPS) is 11.0. The summed E-state index contributed by atoms with van der Waals surface area (Å²) in [5, 5.41) is 7.40. The van der Waals surface area contributed by atoms with E-state index in [1.54, 1.807) is 13.2 Å². The molecule has 0 atom stereocenters. The molecule has 2 rings (SSSR count). The molecule has 2 amide bonds. The molecule has 0 aliphatic rings. The molecule has 126 valence electrons. The van der Waals surface area contributed by atoms with Crippen LogP contribution in [0.1, 0.15) is 19.4 Å². The number of ether oxygens (including phenoxy) is 1. The highest BCUT2D eigenvalue weighted by Crippen LogP contribution is 2.22. The van der Waals surface area contributed by atoms with Crippen molar-refractivity contribution in [2.24, 2.45) is 0 Å². The second-order valence-corrected chi connectivity index (χ2v) is 5.75. The molecule has 0 radical (unpaired) electrons.